The Labute approximate surface area is 83.6 Å². The van der Waals surface area contributed by atoms with E-state index in [1.807, 2.05) is 6.07 Å². The predicted molar refractivity (Wildman–Crippen MR) is 48.2 cm³/mol. The van der Waals surface area contributed by atoms with Gasteiger partial charge in [0.1, 0.15) is 6.79 Å². The summed E-state index contributed by atoms with van der Waals surface area (Å²) in [4.78, 5) is 11.0. The third kappa shape index (κ3) is 6.40. The van der Waals surface area contributed by atoms with Crippen LogP contribution in [0.25, 0.3) is 0 Å². The summed E-state index contributed by atoms with van der Waals surface area (Å²) in [6, 6.07) is 1.94. The number of nitrogens with zero attached hydrogens (tertiary/aromatic N) is 1. The van der Waals surface area contributed by atoms with E-state index in [1.165, 1.54) is 7.11 Å². The quantitative estimate of drug-likeness (QED) is 0.451. The first-order valence-corrected chi connectivity index (χ1v) is 4.37. The van der Waals surface area contributed by atoms with Crippen molar-refractivity contribution in [2.75, 3.05) is 20.5 Å². The summed E-state index contributed by atoms with van der Waals surface area (Å²) in [6.45, 7) is 2.14. The molecule has 0 saturated carbocycles. The summed E-state index contributed by atoms with van der Waals surface area (Å²) in [6.07, 6.45) is -0.202. The van der Waals surface area contributed by atoms with Crippen LogP contribution in [-0.4, -0.2) is 32.6 Å². The molecule has 0 aliphatic rings. The molecule has 0 aromatic rings. The first-order valence-electron chi connectivity index (χ1n) is 4.37. The highest BCUT2D eigenvalue weighted by atomic mass is 16.7. The van der Waals surface area contributed by atoms with E-state index in [0.29, 0.717) is 6.61 Å². The molecule has 0 bridgehead atoms. The molecule has 5 heteroatoms. The largest absolute Gasteiger partial charge is 0.466 e. The van der Waals surface area contributed by atoms with Crippen molar-refractivity contribution in [3.8, 4) is 6.07 Å². The van der Waals surface area contributed by atoms with Gasteiger partial charge < -0.3 is 14.2 Å². The second-order valence-corrected chi connectivity index (χ2v) is 2.57. The van der Waals surface area contributed by atoms with Gasteiger partial charge in [0.2, 0.25) is 0 Å². The highest BCUT2D eigenvalue weighted by Gasteiger charge is 2.14. The van der Waals surface area contributed by atoms with E-state index in [0.717, 1.165) is 0 Å². The van der Waals surface area contributed by atoms with E-state index < -0.39 is 6.10 Å². The van der Waals surface area contributed by atoms with Crippen LogP contribution in [0.5, 0.6) is 0 Å². The van der Waals surface area contributed by atoms with E-state index in [2.05, 4.69) is 4.74 Å². The van der Waals surface area contributed by atoms with Crippen molar-refractivity contribution in [2.24, 2.45) is 0 Å². The number of rotatable bonds is 7. The van der Waals surface area contributed by atoms with E-state index in [4.69, 9.17) is 14.7 Å². The van der Waals surface area contributed by atoms with Crippen LogP contribution in [-0.2, 0) is 19.0 Å². The van der Waals surface area contributed by atoms with Gasteiger partial charge in [0.15, 0.2) is 0 Å². The minimum Gasteiger partial charge on any atom is -0.466 e. The smallest absolute Gasteiger partial charge is 0.308 e. The monoisotopic (exact) mass is 201 g/mol. The predicted octanol–water partition coefficient (Wildman–Crippen LogP) is 0.842. The van der Waals surface area contributed by atoms with Gasteiger partial charge >= 0.3 is 5.97 Å². The molecule has 0 radical (unpaired) electrons. The second kappa shape index (κ2) is 8.48. The molecule has 0 aromatic carbocycles. The molecule has 0 aromatic heterocycles. The average Bonchev–Trinajstić information content (AvgIpc) is 2.15. The van der Waals surface area contributed by atoms with Crippen molar-refractivity contribution in [3.05, 3.63) is 0 Å². The Morgan fingerprint density at radius 3 is 2.79 bits per heavy atom. The number of nitriles is 1. The lowest BCUT2D eigenvalue weighted by Crippen LogP contribution is -2.20. The van der Waals surface area contributed by atoms with Crippen molar-refractivity contribution in [2.45, 2.75) is 25.9 Å². The van der Waals surface area contributed by atoms with E-state index in [-0.39, 0.29) is 25.6 Å². The van der Waals surface area contributed by atoms with Crippen molar-refractivity contribution in [1.29, 1.82) is 5.26 Å². The van der Waals surface area contributed by atoms with Crippen LogP contribution in [0.3, 0.4) is 0 Å². The van der Waals surface area contributed by atoms with Crippen LogP contribution in [0.4, 0.5) is 0 Å². The molecule has 0 fully saturated rings. The van der Waals surface area contributed by atoms with Crippen LogP contribution in [0.1, 0.15) is 19.8 Å². The van der Waals surface area contributed by atoms with E-state index >= 15 is 0 Å². The van der Waals surface area contributed by atoms with Gasteiger partial charge in [-0.3, -0.25) is 4.79 Å². The van der Waals surface area contributed by atoms with Gasteiger partial charge in [-0.25, -0.2) is 0 Å². The zero-order valence-electron chi connectivity index (χ0n) is 8.49. The molecule has 0 rings (SSSR count). The Bertz CT molecular complexity index is 199. The third-order valence-electron chi connectivity index (χ3n) is 1.44. The maximum absolute atomic E-state index is 11.0. The fourth-order valence-electron chi connectivity index (χ4n) is 0.862. The maximum Gasteiger partial charge on any atom is 0.308 e. The summed E-state index contributed by atoms with van der Waals surface area (Å²) in [5.41, 5.74) is 0. The molecule has 0 amide bonds. The van der Waals surface area contributed by atoms with Crippen molar-refractivity contribution >= 4 is 5.97 Å². The first kappa shape index (κ1) is 12.9. The summed E-state index contributed by atoms with van der Waals surface area (Å²) < 4.78 is 14.5. The highest BCUT2D eigenvalue weighted by Crippen LogP contribution is 2.04. The number of hydrogen-bond donors (Lipinski definition) is 0. The number of carbonyl (C=O) groups is 1. The summed E-state index contributed by atoms with van der Waals surface area (Å²) in [5.74, 6) is -0.358. The van der Waals surface area contributed by atoms with Gasteiger partial charge in [-0.2, -0.15) is 5.26 Å². The molecule has 5 nitrogen and oxygen atoms in total. The topological polar surface area (TPSA) is 68.6 Å². The van der Waals surface area contributed by atoms with Crippen molar-refractivity contribution in [1.82, 2.24) is 0 Å². The van der Waals surface area contributed by atoms with Crippen LogP contribution in [0.15, 0.2) is 0 Å². The van der Waals surface area contributed by atoms with E-state index in [9.17, 15) is 4.79 Å². The zero-order valence-corrected chi connectivity index (χ0v) is 8.49. The Morgan fingerprint density at radius 1 is 1.57 bits per heavy atom. The first-order chi connectivity index (χ1) is 6.74. The molecule has 0 aliphatic heterocycles. The molecule has 0 unspecified atom stereocenters. The van der Waals surface area contributed by atoms with Crippen molar-refractivity contribution < 1.29 is 19.0 Å². The molecule has 0 heterocycles. The summed E-state index contributed by atoms with van der Waals surface area (Å²) in [7, 11) is 1.48. The lowest BCUT2D eigenvalue weighted by Gasteiger charge is -2.12. The molecular formula is C9H15NO4. The third-order valence-corrected chi connectivity index (χ3v) is 1.44. The standard InChI is InChI=1S/C9H15NO4/c1-3-13-9(11)6-8(4-5-10)14-7-12-2/h8H,3-4,6-7H2,1-2H3/t8-/m1/s1. The Balaban J connectivity index is 3.83. The van der Waals surface area contributed by atoms with Gasteiger partial charge in [0, 0.05) is 7.11 Å². The van der Waals surface area contributed by atoms with Crippen LogP contribution < -0.4 is 0 Å². The molecule has 1 atom stereocenters. The molecule has 0 aliphatic carbocycles. The number of hydrogen-bond acceptors (Lipinski definition) is 5. The number of methoxy groups -OCH3 is 1. The van der Waals surface area contributed by atoms with Gasteiger partial charge in [0.25, 0.3) is 0 Å². The molecule has 0 N–H and O–H groups in total. The minimum absolute atomic E-state index is 0.0752. The van der Waals surface area contributed by atoms with E-state index in [1.54, 1.807) is 6.92 Å². The Kier molecular flexibility index (Phi) is 7.80. The van der Waals surface area contributed by atoms with Crippen LogP contribution in [0.2, 0.25) is 0 Å². The Hall–Kier alpha value is -1.12. The molecule has 14 heavy (non-hydrogen) atoms. The van der Waals surface area contributed by atoms with Crippen LogP contribution >= 0.6 is 0 Å². The normalized spacial score (nSPS) is 11.8. The minimum atomic E-state index is -0.445. The fraction of sp³-hybridized carbons (Fsp3) is 0.778. The van der Waals surface area contributed by atoms with Gasteiger partial charge in [-0.15, -0.1) is 0 Å². The summed E-state index contributed by atoms with van der Waals surface area (Å²) in [5, 5.41) is 8.46. The Morgan fingerprint density at radius 2 is 2.29 bits per heavy atom. The number of carbonyl (C=O) groups excluding carboxylic acids is 1. The van der Waals surface area contributed by atoms with Gasteiger partial charge in [0.05, 0.1) is 31.6 Å². The zero-order chi connectivity index (χ0) is 10.8. The summed E-state index contributed by atoms with van der Waals surface area (Å²) >= 11 is 0. The maximum atomic E-state index is 11.0. The van der Waals surface area contributed by atoms with Crippen molar-refractivity contribution in [3.63, 3.8) is 0 Å². The number of ether oxygens (including phenoxy) is 3. The van der Waals surface area contributed by atoms with Crippen LogP contribution in [0, 0.1) is 11.3 Å². The molecule has 0 saturated heterocycles. The number of esters is 1. The SMILES string of the molecule is CCOC(=O)C[C@@H](CC#N)OCOC. The molecule has 0 spiro atoms. The highest BCUT2D eigenvalue weighted by molar-refractivity contribution is 5.69. The molecule has 80 valence electrons. The van der Waals surface area contributed by atoms with Gasteiger partial charge in [-0.1, -0.05) is 0 Å². The average molecular weight is 201 g/mol. The van der Waals surface area contributed by atoms with Gasteiger partial charge in [-0.05, 0) is 6.92 Å². The lowest BCUT2D eigenvalue weighted by molar-refractivity contribution is -0.148. The lowest BCUT2D eigenvalue weighted by atomic mass is 10.2. The second-order valence-electron chi connectivity index (χ2n) is 2.57. The fourth-order valence-corrected chi connectivity index (χ4v) is 0.862. The molecular weight excluding hydrogens is 186 g/mol.